The minimum atomic E-state index is -0.0186. The second-order valence-electron chi connectivity index (χ2n) is 6.52. The van der Waals surface area contributed by atoms with Gasteiger partial charge in [0, 0.05) is 43.4 Å². The van der Waals surface area contributed by atoms with Crippen LogP contribution in [0.15, 0.2) is 35.8 Å². The van der Waals surface area contributed by atoms with Crippen LogP contribution in [0.25, 0.3) is 0 Å². The quantitative estimate of drug-likeness (QED) is 0.929. The number of rotatable bonds is 3. The molecule has 4 rings (SSSR count). The number of para-hydroxylation sites is 1. The van der Waals surface area contributed by atoms with E-state index in [1.807, 2.05) is 10.3 Å². The topological polar surface area (TPSA) is 48.5 Å². The number of fused-ring (bicyclic) bond motifs is 1. The van der Waals surface area contributed by atoms with E-state index >= 15 is 0 Å². The fraction of sp³-hybridized carbons (Fsp3) is 0.444. The van der Waals surface area contributed by atoms with Gasteiger partial charge in [-0.15, -0.1) is 11.3 Å². The van der Waals surface area contributed by atoms with E-state index in [2.05, 4.69) is 39.5 Å². The molecule has 0 aliphatic carbocycles. The van der Waals surface area contributed by atoms with Gasteiger partial charge >= 0.3 is 6.03 Å². The van der Waals surface area contributed by atoms with Gasteiger partial charge in [-0.1, -0.05) is 18.2 Å². The van der Waals surface area contributed by atoms with Crippen molar-refractivity contribution in [2.75, 3.05) is 36.4 Å². The molecule has 5 nitrogen and oxygen atoms in total. The van der Waals surface area contributed by atoms with Crippen LogP contribution in [0.5, 0.6) is 0 Å². The Morgan fingerprint density at radius 1 is 1.25 bits per heavy atom. The van der Waals surface area contributed by atoms with Gasteiger partial charge in [0.05, 0.1) is 0 Å². The molecule has 24 heavy (non-hydrogen) atoms. The fourth-order valence-corrected chi connectivity index (χ4v) is 4.20. The molecule has 0 bridgehead atoms. The summed E-state index contributed by atoms with van der Waals surface area (Å²) in [6.45, 7) is 3.90. The predicted octanol–water partition coefficient (Wildman–Crippen LogP) is 3.45. The maximum Gasteiger partial charge on any atom is 0.323 e. The standard InChI is InChI=1S/C18H22N4OS/c23-18(20-17-19-8-12-24-17)21-9-5-14(6-10-21)13-22-11-7-15-3-1-2-4-16(15)22/h1-4,8,12,14H,5-7,9-11,13H2,(H,19,20,23). The van der Waals surface area contributed by atoms with E-state index in [0.717, 1.165) is 45.4 Å². The summed E-state index contributed by atoms with van der Waals surface area (Å²) in [5, 5.41) is 5.42. The number of thiazole rings is 1. The number of carbonyl (C=O) groups excluding carboxylic acids is 1. The zero-order valence-electron chi connectivity index (χ0n) is 13.6. The third-order valence-electron chi connectivity index (χ3n) is 5.01. The number of carbonyl (C=O) groups is 1. The van der Waals surface area contributed by atoms with Gasteiger partial charge in [0.1, 0.15) is 0 Å². The average Bonchev–Trinajstić information content (AvgIpc) is 3.26. The largest absolute Gasteiger partial charge is 0.371 e. The lowest BCUT2D eigenvalue weighted by atomic mass is 9.96. The van der Waals surface area contributed by atoms with Gasteiger partial charge in [0.25, 0.3) is 0 Å². The molecule has 0 atom stereocenters. The van der Waals surface area contributed by atoms with Crippen molar-refractivity contribution in [3.05, 3.63) is 41.4 Å². The van der Waals surface area contributed by atoms with E-state index in [1.165, 1.54) is 22.6 Å². The van der Waals surface area contributed by atoms with E-state index in [1.54, 1.807) is 6.20 Å². The summed E-state index contributed by atoms with van der Waals surface area (Å²) in [5.41, 5.74) is 2.87. The Hall–Kier alpha value is -2.08. The first-order valence-corrected chi connectivity index (χ1v) is 9.46. The van der Waals surface area contributed by atoms with Crippen LogP contribution < -0.4 is 10.2 Å². The normalized spacial score (nSPS) is 17.8. The van der Waals surface area contributed by atoms with Crippen LogP contribution in [0.2, 0.25) is 0 Å². The first kappa shape index (κ1) is 15.4. The Labute approximate surface area is 146 Å². The third-order valence-corrected chi connectivity index (χ3v) is 5.70. The van der Waals surface area contributed by atoms with Gasteiger partial charge in [-0.25, -0.2) is 9.78 Å². The molecule has 2 amide bonds. The molecule has 6 heteroatoms. The summed E-state index contributed by atoms with van der Waals surface area (Å²) in [4.78, 5) is 20.8. The Morgan fingerprint density at radius 2 is 2.08 bits per heavy atom. The maximum absolute atomic E-state index is 12.3. The molecule has 1 saturated heterocycles. The van der Waals surface area contributed by atoms with Crippen molar-refractivity contribution in [2.45, 2.75) is 19.3 Å². The molecule has 1 N–H and O–H groups in total. The zero-order chi connectivity index (χ0) is 16.4. The van der Waals surface area contributed by atoms with Crippen LogP contribution in [0, 0.1) is 5.92 Å². The molecule has 126 valence electrons. The molecule has 2 aliphatic rings. The van der Waals surface area contributed by atoms with Crippen LogP contribution in [-0.4, -0.2) is 42.1 Å². The van der Waals surface area contributed by atoms with Crippen LogP contribution in [0.4, 0.5) is 15.6 Å². The van der Waals surface area contributed by atoms with E-state index in [4.69, 9.17) is 0 Å². The third kappa shape index (κ3) is 3.24. The molecule has 1 fully saturated rings. The van der Waals surface area contributed by atoms with E-state index in [9.17, 15) is 4.79 Å². The summed E-state index contributed by atoms with van der Waals surface area (Å²) < 4.78 is 0. The number of amides is 2. The highest BCUT2D eigenvalue weighted by Crippen LogP contribution is 2.30. The molecule has 1 aromatic carbocycles. The molecular weight excluding hydrogens is 320 g/mol. The summed E-state index contributed by atoms with van der Waals surface area (Å²) >= 11 is 1.45. The summed E-state index contributed by atoms with van der Waals surface area (Å²) in [5.74, 6) is 0.667. The lowest BCUT2D eigenvalue weighted by Gasteiger charge is -2.34. The second-order valence-corrected chi connectivity index (χ2v) is 7.42. The number of hydrogen-bond donors (Lipinski definition) is 1. The van der Waals surface area contributed by atoms with Gasteiger partial charge in [-0.05, 0) is 36.8 Å². The Morgan fingerprint density at radius 3 is 2.88 bits per heavy atom. The number of aromatic nitrogens is 1. The number of hydrogen-bond acceptors (Lipinski definition) is 4. The number of nitrogens with zero attached hydrogens (tertiary/aromatic N) is 3. The number of benzene rings is 1. The Kier molecular flexibility index (Phi) is 4.38. The first-order valence-electron chi connectivity index (χ1n) is 8.58. The lowest BCUT2D eigenvalue weighted by Crippen LogP contribution is -2.43. The second kappa shape index (κ2) is 6.81. The number of nitrogens with one attached hydrogen (secondary N) is 1. The molecule has 2 aliphatic heterocycles. The number of urea groups is 1. The van der Waals surface area contributed by atoms with Gasteiger partial charge in [0.15, 0.2) is 5.13 Å². The monoisotopic (exact) mass is 342 g/mol. The summed E-state index contributed by atoms with van der Waals surface area (Å²) in [6.07, 6.45) is 5.01. The summed E-state index contributed by atoms with van der Waals surface area (Å²) in [7, 11) is 0. The van der Waals surface area contributed by atoms with Crippen molar-refractivity contribution in [3.8, 4) is 0 Å². The SMILES string of the molecule is O=C(Nc1nccs1)N1CCC(CN2CCc3ccccc32)CC1. The minimum Gasteiger partial charge on any atom is -0.371 e. The number of likely N-dealkylation sites (tertiary alicyclic amines) is 1. The van der Waals surface area contributed by atoms with Crippen molar-refractivity contribution in [1.29, 1.82) is 0 Å². The van der Waals surface area contributed by atoms with E-state index in [-0.39, 0.29) is 6.03 Å². The van der Waals surface area contributed by atoms with Crippen LogP contribution in [0.3, 0.4) is 0 Å². The van der Waals surface area contributed by atoms with Crippen molar-refractivity contribution in [1.82, 2.24) is 9.88 Å². The van der Waals surface area contributed by atoms with E-state index in [0.29, 0.717) is 11.0 Å². The van der Waals surface area contributed by atoms with Crippen LogP contribution in [-0.2, 0) is 6.42 Å². The molecule has 0 spiro atoms. The average molecular weight is 342 g/mol. The molecule has 0 saturated carbocycles. The van der Waals surface area contributed by atoms with Crippen molar-refractivity contribution in [3.63, 3.8) is 0 Å². The maximum atomic E-state index is 12.3. The van der Waals surface area contributed by atoms with Crippen LogP contribution in [0.1, 0.15) is 18.4 Å². The lowest BCUT2D eigenvalue weighted by molar-refractivity contribution is 0.183. The van der Waals surface area contributed by atoms with Crippen molar-refractivity contribution < 1.29 is 4.79 Å². The Balaban J connectivity index is 1.28. The predicted molar refractivity (Wildman–Crippen MR) is 97.8 cm³/mol. The molecule has 2 aromatic rings. The van der Waals surface area contributed by atoms with Crippen molar-refractivity contribution >= 4 is 28.2 Å². The molecule has 3 heterocycles. The number of anilines is 2. The summed E-state index contributed by atoms with van der Waals surface area (Å²) in [6, 6.07) is 8.71. The highest BCUT2D eigenvalue weighted by Gasteiger charge is 2.27. The van der Waals surface area contributed by atoms with Crippen LogP contribution >= 0.6 is 11.3 Å². The highest BCUT2D eigenvalue weighted by atomic mass is 32.1. The minimum absolute atomic E-state index is 0.0186. The van der Waals surface area contributed by atoms with Gasteiger partial charge in [0.2, 0.25) is 0 Å². The van der Waals surface area contributed by atoms with Gasteiger partial charge in [-0.3, -0.25) is 5.32 Å². The fourth-order valence-electron chi connectivity index (χ4n) is 3.68. The van der Waals surface area contributed by atoms with Gasteiger partial charge in [-0.2, -0.15) is 0 Å². The molecule has 1 aromatic heterocycles. The molecule has 0 radical (unpaired) electrons. The smallest absolute Gasteiger partial charge is 0.323 e. The molecular formula is C18H22N4OS. The Bertz CT molecular complexity index is 695. The molecule has 0 unspecified atom stereocenters. The van der Waals surface area contributed by atoms with Crippen molar-refractivity contribution in [2.24, 2.45) is 5.92 Å². The van der Waals surface area contributed by atoms with E-state index < -0.39 is 0 Å². The first-order chi connectivity index (χ1) is 11.8. The van der Waals surface area contributed by atoms with Gasteiger partial charge < -0.3 is 9.80 Å². The number of piperidine rings is 1. The highest BCUT2D eigenvalue weighted by molar-refractivity contribution is 7.13. The zero-order valence-corrected chi connectivity index (χ0v) is 14.5.